The average molecular weight is 188 g/mol. The van der Waals surface area contributed by atoms with E-state index in [1.165, 1.54) is 31.2 Å². The molecule has 0 N–H and O–H groups in total. The normalized spacial score (nSPS) is 29.0. The lowest BCUT2D eigenvalue weighted by Gasteiger charge is -2.27. The molecule has 74 valence electrons. The van der Waals surface area contributed by atoms with Gasteiger partial charge in [0, 0.05) is 5.41 Å². The Hall–Kier alpha value is -0.820. The number of rotatable bonds is 2. The van der Waals surface area contributed by atoms with Crippen LogP contribution < -0.4 is 0 Å². The highest BCUT2D eigenvalue weighted by atomic mass is 16.6. The first kappa shape index (κ1) is 8.49. The molecule has 1 aliphatic carbocycles. The molecule has 1 aromatic rings. The third-order valence-electron chi connectivity index (χ3n) is 3.79. The third kappa shape index (κ3) is 1.19. The summed E-state index contributed by atoms with van der Waals surface area (Å²) >= 11 is 0. The van der Waals surface area contributed by atoms with Gasteiger partial charge >= 0.3 is 0 Å². The molecular weight excluding hydrogens is 172 g/mol. The molecule has 1 nitrogen and oxygen atoms in total. The molecule has 1 saturated carbocycles. The molecule has 0 bridgehead atoms. The van der Waals surface area contributed by atoms with E-state index in [9.17, 15) is 0 Å². The maximum absolute atomic E-state index is 5.55. The van der Waals surface area contributed by atoms with Gasteiger partial charge in [0.15, 0.2) is 0 Å². The van der Waals surface area contributed by atoms with Gasteiger partial charge in [-0.2, -0.15) is 0 Å². The summed E-state index contributed by atoms with van der Waals surface area (Å²) in [5.41, 5.74) is 1.88. The highest BCUT2D eigenvalue weighted by Crippen LogP contribution is 2.48. The van der Waals surface area contributed by atoms with Crippen molar-refractivity contribution >= 4 is 0 Å². The van der Waals surface area contributed by atoms with Crippen molar-refractivity contribution in [3.63, 3.8) is 0 Å². The van der Waals surface area contributed by atoms with E-state index < -0.39 is 0 Å². The van der Waals surface area contributed by atoms with Gasteiger partial charge in [-0.1, -0.05) is 43.2 Å². The molecule has 3 rings (SSSR count). The summed E-state index contributed by atoms with van der Waals surface area (Å²) in [5.74, 6) is 0. The number of epoxide rings is 1. The monoisotopic (exact) mass is 188 g/mol. The largest absolute Gasteiger partial charge is 0.372 e. The van der Waals surface area contributed by atoms with E-state index in [-0.39, 0.29) is 0 Å². The van der Waals surface area contributed by atoms with Crippen molar-refractivity contribution in [3.05, 3.63) is 35.9 Å². The van der Waals surface area contributed by atoms with Gasteiger partial charge in [0.25, 0.3) is 0 Å². The summed E-state index contributed by atoms with van der Waals surface area (Å²) in [4.78, 5) is 0. The van der Waals surface area contributed by atoms with Crippen LogP contribution >= 0.6 is 0 Å². The third-order valence-corrected chi connectivity index (χ3v) is 3.79. The van der Waals surface area contributed by atoms with Crippen LogP contribution in [-0.4, -0.2) is 12.7 Å². The van der Waals surface area contributed by atoms with Gasteiger partial charge in [-0.3, -0.25) is 0 Å². The second-order valence-corrected chi connectivity index (χ2v) is 4.55. The predicted molar refractivity (Wildman–Crippen MR) is 56.3 cm³/mol. The smallest absolute Gasteiger partial charge is 0.0906 e. The minimum absolute atomic E-state index is 0.376. The van der Waals surface area contributed by atoms with Crippen molar-refractivity contribution in [1.82, 2.24) is 0 Å². The summed E-state index contributed by atoms with van der Waals surface area (Å²) in [6.07, 6.45) is 5.90. The Labute approximate surface area is 85.1 Å². The fourth-order valence-electron chi connectivity index (χ4n) is 2.94. The van der Waals surface area contributed by atoms with Crippen LogP contribution in [0.3, 0.4) is 0 Å². The molecule has 2 aliphatic rings. The van der Waals surface area contributed by atoms with Gasteiger partial charge in [0.1, 0.15) is 0 Å². The van der Waals surface area contributed by atoms with Crippen LogP contribution in [0.15, 0.2) is 30.3 Å². The maximum Gasteiger partial charge on any atom is 0.0906 e. The van der Waals surface area contributed by atoms with E-state index in [1.54, 1.807) is 0 Å². The van der Waals surface area contributed by atoms with Gasteiger partial charge in [0.2, 0.25) is 0 Å². The molecule has 1 heteroatoms. The van der Waals surface area contributed by atoms with Crippen LogP contribution in [0.4, 0.5) is 0 Å². The van der Waals surface area contributed by atoms with Crippen molar-refractivity contribution in [2.24, 2.45) is 0 Å². The SMILES string of the molecule is c1ccc(C2([C@H]3CO3)CCCC2)cc1. The van der Waals surface area contributed by atoms with Crippen LogP contribution in [0.2, 0.25) is 0 Å². The molecule has 1 aliphatic heterocycles. The second-order valence-electron chi connectivity index (χ2n) is 4.55. The van der Waals surface area contributed by atoms with E-state index in [1.807, 2.05) is 0 Å². The molecule has 1 aromatic carbocycles. The number of hydrogen-bond acceptors (Lipinski definition) is 1. The molecule has 0 amide bonds. The first-order valence-electron chi connectivity index (χ1n) is 5.59. The molecule has 14 heavy (non-hydrogen) atoms. The molecule has 2 fully saturated rings. The second kappa shape index (κ2) is 3.09. The van der Waals surface area contributed by atoms with Crippen LogP contribution in [0.5, 0.6) is 0 Å². The molecule has 1 atom stereocenters. The van der Waals surface area contributed by atoms with E-state index in [0.29, 0.717) is 11.5 Å². The Bertz CT molecular complexity index is 307. The maximum atomic E-state index is 5.55. The zero-order chi connectivity index (χ0) is 9.43. The van der Waals surface area contributed by atoms with E-state index in [0.717, 1.165) is 6.61 Å². The lowest BCUT2D eigenvalue weighted by Crippen LogP contribution is -2.28. The van der Waals surface area contributed by atoms with Crippen molar-refractivity contribution in [2.45, 2.75) is 37.2 Å². The molecule has 0 spiro atoms. The highest BCUT2D eigenvalue weighted by molar-refractivity contribution is 5.30. The van der Waals surface area contributed by atoms with Gasteiger partial charge in [-0.05, 0) is 18.4 Å². The molecule has 0 aromatic heterocycles. The number of hydrogen-bond donors (Lipinski definition) is 0. The first-order valence-corrected chi connectivity index (χ1v) is 5.59. The van der Waals surface area contributed by atoms with Gasteiger partial charge in [-0.15, -0.1) is 0 Å². The van der Waals surface area contributed by atoms with Crippen LogP contribution in [0.1, 0.15) is 31.2 Å². The van der Waals surface area contributed by atoms with Crippen molar-refractivity contribution in [1.29, 1.82) is 0 Å². The summed E-state index contributed by atoms with van der Waals surface area (Å²) in [6.45, 7) is 0.981. The van der Waals surface area contributed by atoms with Crippen molar-refractivity contribution in [2.75, 3.05) is 6.61 Å². The summed E-state index contributed by atoms with van der Waals surface area (Å²) in [5, 5.41) is 0. The van der Waals surface area contributed by atoms with Crippen molar-refractivity contribution < 1.29 is 4.74 Å². The van der Waals surface area contributed by atoms with Gasteiger partial charge in [0.05, 0.1) is 12.7 Å². The first-order chi connectivity index (χ1) is 6.92. The Kier molecular flexibility index (Phi) is 1.88. The predicted octanol–water partition coefficient (Wildman–Crippen LogP) is 2.90. The Morgan fingerprint density at radius 3 is 2.29 bits per heavy atom. The zero-order valence-corrected chi connectivity index (χ0v) is 8.41. The van der Waals surface area contributed by atoms with E-state index >= 15 is 0 Å². The van der Waals surface area contributed by atoms with Crippen LogP contribution in [0.25, 0.3) is 0 Å². The van der Waals surface area contributed by atoms with Crippen molar-refractivity contribution in [3.8, 4) is 0 Å². The quantitative estimate of drug-likeness (QED) is 0.650. The fourth-order valence-corrected chi connectivity index (χ4v) is 2.94. The highest BCUT2D eigenvalue weighted by Gasteiger charge is 2.49. The Morgan fingerprint density at radius 2 is 1.71 bits per heavy atom. The fraction of sp³-hybridized carbons (Fsp3) is 0.538. The summed E-state index contributed by atoms with van der Waals surface area (Å²) in [7, 11) is 0. The standard InChI is InChI=1S/C13H16O/c1-2-6-11(7-3-1)13(12-10-14-12)8-4-5-9-13/h1-3,6-7,12H,4-5,8-10H2/t12-/m1/s1. The minimum Gasteiger partial charge on any atom is -0.372 e. The number of ether oxygens (including phenoxy) is 1. The summed E-state index contributed by atoms with van der Waals surface area (Å²) in [6, 6.07) is 10.9. The van der Waals surface area contributed by atoms with Gasteiger partial charge < -0.3 is 4.74 Å². The number of benzene rings is 1. The molecule has 0 radical (unpaired) electrons. The molecule has 1 heterocycles. The molecule has 1 saturated heterocycles. The lowest BCUT2D eigenvalue weighted by atomic mass is 9.76. The Balaban J connectivity index is 1.99. The van der Waals surface area contributed by atoms with Crippen LogP contribution in [0, 0.1) is 0 Å². The summed E-state index contributed by atoms with van der Waals surface area (Å²) < 4.78 is 5.55. The Morgan fingerprint density at radius 1 is 1.07 bits per heavy atom. The zero-order valence-electron chi connectivity index (χ0n) is 8.41. The van der Waals surface area contributed by atoms with Crippen LogP contribution in [-0.2, 0) is 10.2 Å². The van der Waals surface area contributed by atoms with E-state index in [4.69, 9.17) is 4.74 Å². The molecule has 0 unspecified atom stereocenters. The molecular formula is C13H16O. The topological polar surface area (TPSA) is 12.5 Å². The average Bonchev–Trinajstić information content (AvgIpc) is 2.99. The minimum atomic E-state index is 0.376. The lowest BCUT2D eigenvalue weighted by molar-refractivity contribution is 0.287. The van der Waals surface area contributed by atoms with E-state index in [2.05, 4.69) is 30.3 Å². The van der Waals surface area contributed by atoms with Gasteiger partial charge in [-0.25, -0.2) is 0 Å².